The van der Waals surface area contributed by atoms with E-state index >= 15 is 0 Å². The number of imide groups is 1. The van der Waals surface area contributed by atoms with Gasteiger partial charge >= 0.3 is 0 Å². The molecule has 1 saturated carbocycles. The maximum atomic E-state index is 12.6. The first-order valence-corrected chi connectivity index (χ1v) is 9.73. The van der Waals surface area contributed by atoms with Gasteiger partial charge < -0.3 is 15.7 Å². The minimum Gasteiger partial charge on any atom is -0.396 e. The molecule has 152 valence electrons. The van der Waals surface area contributed by atoms with Crippen LogP contribution in [0.2, 0.25) is 0 Å². The zero-order valence-corrected chi connectivity index (χ0v) is 18.4. The monoisotopic (exact) mass is 490 g/mol. The second-order valence-corrected chi connectivity index (χ2v) is 7.62. The minimum absolute atomic E-state index is 0. The van der Waals surface area contributed by atoms with Crippen LogP contribution in [-0.4, -0.2) is 60.6 Å². The van der Waals surface area contributed by atoms with Gasteiger partial charge in [0.05, 0.1) is 11.8 Å². The van der Waals surface area contributed by atoms with Crippen molar-refractivity contribution in [2.45, 2.75) is 26.7 Å². The number of aliphatic hydroxyl groups is 1. The molecule has 8 heteroatoms. The molecule has 1 heterocycles. The highest BCUT2D eigenvalue weighted by atomic mass is 127. The number of guanidine groups is 1. The molecule has 2 fully saturated rings. The van der Waals surface area contributed by atoms with Crippen LogP contribution in [0.1, 0.15) is 26.7 Å². The Morgan fingerprint density at radius 2 is 1.89 bits per heavy atom. The molecule has 5 atom stereocenters. The van der Waals surface area contributed by atoms with Gasteiger partial charge in [0, 0.05) is 32.8 Å². The van der Waals surface area contributed by atoms with Crippen LogP contribution in [0.15, 0.2) is 17.1 Å². The summed E-state index contributed by atoms with van der Waals surface area (Å²) in [5.74, 6) is 1.19. The number of hydrogen-bond acceptors (Lipinski definition) is 4. The molecule has 3 aliphatic rings. The number of amides is 2. The highest BCUT2D eigenvalue weighted by Crippen LogP contribution is 2.52. The normalized spacial score (nSPS) is 29.7. The molecule has 0 aromatic carbocycles. The highest BCUT2D eigenvalue weighted by molar-refractivity contribution is 14.0. The van der Waals surface area contributed by atoms with E-state index in [9.17, 15) is 9.59 Å². The van der Waals surface area contributed by atoms with Gasteiger partial charge in [-0.05, 0) is 37.5 Å². The number of carbonyl (C=O) groups excluding carboxylic acids is 2. The van der Waals surface area contributed by atoms with E-state index in [4.69, 9.17) is 5.11 Å². The lowest BCUT2D eigenvalue weighted by Gasteiger charge is -2.18. The van der Waals surface area contributed by atoms with Crippen molar-refractivity contribution in [3.8, 4) is 0 Å². The Hall–Kier alpha value is -1.16. The Labute approximate surface area is 178 Å². The van der Waals surface area contributed by atoms with Gasteiger partial charge in [-0.25, -0.2) is 0 Å². The van der Waals surface area contributed by atoms with Crippen molar-refractivity contribution in [1.82, 2.24) is 15.5 Å². The van der Waals surface area contributed by atoms with Crippen LogP contribution in [0.25, 0.3) is 0 Å². The molecule has 0 radical (unpaired) electrons. The second kappa shape index (κ2) is 9.86. The molecular formula is C19H31IN4O3. The first-order chi connectivity index (χ1) is 12.6. The molecular weight excluding hydrogens is 459 g/mol. The lowest BCUT2D eigenvalue weighted by Crippen LogP contribution is -2.40. The first-order valence-electron chi connectivity index (χ1n) is 9.73. The average molecular weight is 490 g/mol. The topological polar surface area (TPSA) is 94.0 Å². The van der Waals surface area contributed by atoms with Crippen LogP contribution in [0.3, 0.4) is 0 Å². The number of fused-ring (bicyclic) bond motifs is 5. The molecule has 5 unspecified atom stereocenters. The van der Waals surface area contributed by atoms with Crippen molar-refractivity contribution < 1.29 is 14.7 Å². The average Bonchev–Trinajstić information content (AvgIpc) is 3.31. The number of aliphatic hydroxyl groups excluding tert-OH is 1. The maximum Gasteiger partial charge on any atom is 0.233 e. The number of nitrogens with one attached hydrogen (secondary N) is 2. The van der Waals surface area contributed by atoms with Gasteiger partial charge in [-0.1, -0.05) is 19.1 Å². The fourth-order valence-corrected chi connectivity index (χ4v) is 4.28. The van der Waals surface area contributed by atoms with Crippen molar-refractivity contribution in [3.05, 3.63) is 12.2 Å². The molecule has 0 aromatic rings. The Balaban J connectivity index is 0.00000261. The number of nitrogens with zero attached hydrogens (tertiary/aromatic N) is 2. The number of carbonyl (C=O) groups is 2. The largest absolute Gasteiger partial charge is 0.396 e. The third kappa shape index (κ3) is 4.64. The van der Waals surface area contributed by atoms with Crippen molar-refractivity contribution in [1.29, 1.82) is 0 Å². The van der Waals surface area contributed by atoms with E-state index < -0.39 is 0 Å². The van der Waals surface area contributed by atoms with Crippen molar-refractivity contribution in [3.63, 3.8) is 0 Å². The van der Waals surface area contributed by atoms with Crippen LogP contribution < -0.4 is 10.6 Å². The van der Waals surface area contributed by atoms with E-state index in [1.54, 1.807) is 0 Å². The minimum atomic E-state index is -0.107. The van der Waals surface area contributed by atoms with Crippen molar-refractivity contribution in [2.75, 3.05) is 32.8 Å². The number of allylic oxidation sites excluding steroid dienone is 2. The van der Waals surface area contributed by atoms with Crippen LogP contribution in [-0.2, 0) is 9.59 Å². The summed E-state index contributed by atoms with van der Waals surface area (Å²) in [5, 5.41) is 15.5. The van der Waals surface area contributed by atoms with Gasteiger partial charge in [0.1, 0.15) is 0 Å². The Bertz CT molecular complexity index is 580. The number of likely N-dealkylation sites (tertiary alicyclic amines) is 1. The molecule has 0 spiro atoms. The zero-order chi connectivity index (χ0) is 18.7. The standard InChI is InChI=1S/C19H30N4O3.HI/c1-3-20-19(22-10-12(2)11-24)21-7-4-8-23-17(25)15-13-5-6-14(9-13)16(15)18(23)26;/h5-6,12-16,24H,3-4,7-11H2,1-2H3,(H2,20,21,22);1H. The van der Waals surface area contributed by atoms with Gasteiger partial charge in [-0.2, -0.15) is 0 Å². The van der Waals surface area contributed by atoms with E-state index in [-0.39, 0.29) is 72.0 Å². The van der Waals surface area contributed by atoms with Gasteiger partial charge in [-0.15, -0.1) is 24.0 Å². The predicted octanol–water partition coefficient (Wildman–Crippen LogP) is 0.985. The van der Waals surface area contributed by atoms with E-state index in [2.05, 4.69) is 27.8 Å². The fraction of sp³-hybridized carbons (Fsp3) is 0.737. The summed E-state index contributed by atoms with van der Waals surface area (Å²) < 4.78 is 0. The fourth-order valence-electron chi connectivity index (χ4n) is 4.28. The summed E-state index contributed by atoms with van der Waals surface area (Å²) in [6.45, 7) is 6.45. The summed E-state index contributed by atoms with van der Waals surface area (Å²) >= 11 is 0. The van der Waals surface area contributed by atoms with Crippen LogP contribution in [0, 0.1) is 29.6 Å². The smallest absolute Gasteiger partial charge is 0.233 e. The summed E-state index contributed by atoms with van der Waals surface area (Å²) in [5.41, 5.74) is 0. The third-order valence-corrected chi connectivity index (χ3v) is 5.63. The van der Waals surface area contributed by atoms with Gasteiger partial charge in [-0.3, -0.25) is 19.5 Å². The lowest BCUT2D eigenvalue weighted by molar-refractivity contribution is -0.140. The summed E-state index contributed by atoms with van der Waals surface area (Å²) in [4.78, 5) is 31.1. The molecule has 3 N–H and O–H groups in total. The molecule has 1 saturated heterocycles. The van der Waals surface area contributed by atoms with Gasteiger partial charge in [0.25, 0.3) is 0 Å². The Morgan fingerprint density at radius 1 is 1.26 bits per heavy atom. The predicted molar refractivity (Wildman–Crippen MR) is 115 cm³/mol. The van der Waals surface area contributed by atoms with Crippen LogP contribution in [0.5, 0.6) is 0 Å². The number of aliphatic imine (C=N–C) groups is 1. The number of halogens is 1. The van der Waals surface area contributed by atoms with Crippen LogP contribution in [0.4, 0.5) is 0 Å². The third-order valence-electron chi connectivity index (χ3n) is 5.63. The summed E-state index contributed by atoms with van der Waals surface area (Å²) in [6.07, 6.45) is 5.90. The number of rotatable bonds is 8. The molecule has 1 aliphatic heterocycles. The molecule has 2 bridgehead atoms. The van der Waals surface area contributed by atoms with E-state index in [0.29, 0.717) is 32.0 Å². The molecule has 2 aliphatic carbocycles. The first kappa shape index (κ1) is 22.1. The van der Waals surface area contributed by atoms with Crippen molar-refractivity contribution in [2.24, 2.45) is 34.6 Å². The van der Waals surface area contributed by atoms with Crippen LogP contribution >= 0.6 is 24.0 Å². The van der Waals surface area contributed by atoms with Crippen molar-refractivity contribution >= 4 is 41.8 Å². The molecule has 3 rings (SSSR count). The molecule has 2 amide bonds. The van der Waals surface area contributed by atoms with Gasteiger partial charge in [0.15, 0.2) is 5.96 Å². The Morgan fingerprint density at radius 3 is 2.44 bits per heavy atom. The number of hydrogen-bond donors (Lipinski definition) is 3. The van der Waals surface area contributed by atoms with E-state index in [1.165, 1.54) is 4.90 Å². The lowest BCUT2D eigenvalue weighted by atomic mass is 9.85. The van der Waals surface area contributed by atoms with Gasteiger partial charge in [0.2, 0.25) is 11.8 Å². The van der Waals surface area contributed by atoms with E-state index in [1.807, 2.05) is 13.8 Å². The molecule has 0 aromatic heterocycles. The SMILES string of the molecule is CCNC(=NCC(C)CO)NCCCN1C(=O)C2C3C=CC(C3)C2C1=O.I. The maximum absolute atomic E-state index is 12.6. The quantitative estimate of drug-likeness (QED) is 0.118. The Kier molecular flexibility index (Phi) is 8.08. The second-order valence-electron chi connectivity index (χ2n) is 7.62. The molecule has 27 heavy (non-hydrogen) atoms. The highest BCUT2D eigenvalue weighted by Gasteiger charge is 2.58. The molecule has 7 nitrogen and oxygen atoms in total. The summed E-state index contributed by atoms with van der Waals surface area (Å²) in [6, 6.07) is 0. The zero-order valence-electron chi connectivity index (χ0n) is 16.1. The van der Waals surface area contributed by atoms with E-state index in [0.717, 1.165) is 13.0 Å². The summed E-state index contributed by atoms with van der Waals surface area (Å²) in [7, 11) is 0.